The number of fused-ring (bicyclic) bond motifs is 1. The maximum atomic E-state index is 14.0. The Balaban J connectivity index is 2.07. The van der Waals surface area contributed by atoms with Gasteiger partial charge >= 0.3 is 0 Å². The Hall–Kier alpha value is -2.04. The Morgan fingerprint density at radius 2 is 1.73 bits per heavy atom. The lowest BCUT2D eigenvalue weighted by Gasteiger charge is -2.18. The standard InChI is InChI=1S/C25H30ClFO3/c1-29-23-14-12-20-19(8-5-3-4-6-15-28)18(9-7-10-21(20)25(23)26)17-11-13-22(27)24(16-17)30-2/h11-14,16,28H,3-10,15H2,1-2H3. The maximum Gasteiger partial charge on any atom is 0.165 e. The summed E-state index contributed by atoms with van der Waals surface area (Å²) in [7, 11) is 3.13. The Morgan fingerprint density at radius 1 is 0.967 bits per heavy atom. The monoisotopic (exact) mass is 432 g/mol. The fraction of sp³-hybridized carbons (Fsp3) is 0.440. The molecule has 0 bridgehead atoms. The van der Waals surface area contributed by atoms with Crippen molar-refractivity contribution in [2.24, 2.45) is 0 Å². The maximum absolute atomic E-state index is 14.0. The molecule has 3 nitrogen and oxygen atoms in total. The van der Waals surface area contributed by atoms with Crippen LogP contribution in [0.15, 0.2) is 30.3 Å². The zero-order valence-electron chi connectivity index (χ0n) is 17.8. The average molecular weight is 433 g/mol. The first kappa shape index (κ1) is 22.6. The lowest BCUT2D eigenvalue weighted by Crippen LogP contribution is -1.98. The van der Waals surface area contributed by atoms with Crippen LogP contribution >= 0.6 is 11.6 Å². The molecule has 0 unspecified atom stereocenters. The largest absolute Gasteiger partial charge is 0.495 e. The molecule has 0 atom stereocenters. The van der Waals surface area contributed by atoms with Crippen molar-refractivity contribution in [1.29, 1.82) is 0 Å². The van der Waals surface area contributed by atoms with Gasteiger partial charge in [0.15, 0.2) is 11.6 Å². The second-order valence-electron chi connectivity index (χ2n) is 7.66. The van der Waals surface area contributed by atoms with Crippen LogP contribution < -0.4 is 9.47 Å². The van der Waals surface area contributed by atoms with Crippen LogP contribution in [-0.4, -0.2) is 25.9 Å². The molecule has 1 N–H and O–H groups in total. The molecule has 0 amide bonds. The van der Waals surface area contributed by atoms with E-state index in [1.54, 1.807) is 13.2 Å². The smallest absolute Gasteiger partial charge is 0.165 e. The number of aliphatic hydroxyl groups excluding tert-OH is 1. The van der Waals surface area contributed by atoms with E-state index in [1.165, 1.54) is 29.9 Å². The number of methoxy groups -OCH3 is 2. The Morgan fingerprint density at radius 3 is 2.47 bits per heavy atom. The van der Waals surface area contributed by atoms with Gasteiger partial charge in [0.2, 0.25) is 0 Å². The number of benzene rings is 2. The molecule has 0 fully saturated rings. The molecular formula is C25H30ClFO3. The number of unbranched alkanes of at least 4 members (excludes halogenated alkanes) is 3. The quantitative estimate of drug-likeness (QED) is 0.449. The Labute approximate surface area is 183 Å². The fourth-order valence-electron chi connectivity index (χ4n) is 4.26. The summed E-state index contributed by atoms with van der Waals surface area (Å²) >= 11 is 6.68. The number of hydrogen-bond donors (Lipinski definition) is 1. The zero-order valence-corrected chi connectivity index (χ0v) is 18.5. The molecule has 2 aromatic carbocycles. The summed E-state index contributed by atoms with van der Waals surface area (Å²) in [6.07, 6.45) is 7.58. The van der Waals surface area contributed by atoms with E-state index in [0.29, 0.717) is 10.8 Å². The highest BCUT2D eigenvalue weighted by Gasteiger charge is 2.22. The van der Waals surface area contributed by atoms with Crippen molar-refractivity contribution in [1.82, 2.24) is 0 Å². The SMILES string of the molecule is COc1cc(C2=C(CCCCCCO)c3ccc(OC)c(Cl)c3CCC2)ccc1F. The number of aliphatic hydroxyl groups is 1. The number of halogens is 2. The molecule has 0 radical (unpaired) electrons. The molecule has 2 aromatic rings. The van der Waals surface area contributed by atoms with Gasteiger partial charge in [-0.1, -0.05) is 36.6 Å². The van der Waals surface area contributed by atoms with Crippen molar-refractivity contribution < 1.29 is 19.0 Å². The molecule has 0 saturated carbocycles. The summed E-state index contributed by atoms with van der Waals surface area (Å²) in [5.74, 6) is 0.610. The fourth-order valence-corrected chi connectivity index (χ4v) is 4.60. The van der Waals surface area contributed by atoms with E-state index in [9.17, 15) is 4.39 Å². The predicted molar refractivity (Wildman–Crippen MR) is 121 cm³/mol. The van der Waals surface area contributed by atoms with Crippen LogP contribution in [0.3, 0.4) is 0 Å². The average Bonchev–Trinajstić information content (AvgIpc) is 2.94. The Kier molecular flexibility index (Phi) is 8.17. The van der Waals surface area contributed by atoms with Gasteiger partial charge < -0.3 is 14.6 Å². The van der Waals surface area contributed by atoms with Gasteiger partial charge in [0, 0.05) is 6.61 Å². The van der Waals surface area contributed by atoms with E-state index in [0.717, 1.165) is 62.5 Å². The summed E-state index contributed by atoms with van der Waals surface area (Å²) in [6, 6.07) is 9.16. The van der Waals surface area contributed by atoms with Gasteiger partial charge in [0.25, 0.3) is 0 Å². The Bertz CT molecular complexity index is 908. The number of allylic oxidation sites excluding steroid dienone is 2. The van der Waals surface area contributed by atoms with Crippen molar-refractivity contribution in [3.05, 3.63) is 57.9 Å². The first-order valence-corrected chi connectivity index (χ1v) is 11.0. The first-order valence-electron chi connectivity index (χ1n) is 10.6. The summed E-state index contributed by atoms with van der Waals surface area (Å²) < 4.78 is 24.7. The van der Waals surface area contributed by atoms with Gasteiger partial charge in [0.05, 0.1) is 19.2 Å². The van der Waals surface area contributed by atoms with E-state index >= 15 is 0 Å². The topological polar surface area (TPSA) is 38.7 Å². The minimum Gasteiger partial charge on any atom is -0.495 e. The van der Waals surface area contributed by atoms with Gasteiger partial charge in [-0.3, -0.25) is 0 Å². The third-order valence-corrected chi connectivity index (χ3v) is 6.22. The van der Waals surface area contributed by atoms with Crippen molar-refractivity contribution in [3.8, 4) is 11.5 Å². The highest BCUT2D eigenvalue weighted by atomic mass is 35.5. The molecule has 0 aromatic heterocycles. The minimum absolute atomic E-state index is 0.238. The summed E-state index contributed by atoms with van der Waals surface area (Å²) in [5, 5.41) is 9.73. The van der Waals surface area contributed by atoms with Crippen LogP contribution in [0.1, 0.15) is 61.6 Å². The third kappa shape index (κ3) is 4.98. The molecule has 162 valence electrons. The van der Waals surface area contributed by atoms with Crippen molar-refractivity contribution in [2.75, 3.05) is 20.8 Å². The van der Waals surface area contributed by atoms with Crippen molar-refractivity contribution >= 4 is 22.7 Å². The molecule has 3 rings (SSSR count). The third-order valence-electron chi connectivity index (χ3n) is 5.81. The van der Waals surface area contributed by atoms with Gasteiger partial charge in [-0.05, 0) is 84.6 Å². The molecule has 30 heavy (non-hydrogen) atoms. The molecule has 5 heteroatoms. The van der Waals surface area contributed by atoms with E-state index in [1.807, 2.05) is 12.1 Å². The van der Waals surface area contributed by atoms with Crippen molar-refractivity contribution in [3.63, 3.8) is 0 Å². The lowest BCUT2D eigenvalue weighted by molar-refractivity contribution is 0.282. The van der Waals surface area contributed by atoms with Crippen LogP contribution in [0, 0.1) is 5.82 Å². The highest BCUT2D eigenvalue weighted by molar-refractivity contribution is 6.33. The van der Waals surface area contributed by atoms with Gasteiger partial charge in [-0.15, -0.1) is 0 Å². The molecule has 0 heterocycles. The predicted octanol–water partition coefficient (Wildman–Crippen LogP) is 6.69. The van der Waals surface area contributed by atoms with E-state index in [2.05, 4.69) is 6.07 Å². The minimum atomic E-state index is -0.353. The van der Waals surface area contributed by atoms with Crippen LogP contribution in [0.5, 0.6) is 11.5 Å². The van der Waals surface area contributed by atoms with Gasteiger partial charge in [0.1, 0.15) is 5.75 Å². The number of hydrogen-bond acceptors (Lipinski definition) is 3. The van der Waals surface area contributed by atoms with Crippen LogP contribution in [-0.2, 0) is 6.42 Å². The van der Waals surface area contributed by atoms with E-state index < -0.39 is 0 Å². The molecule has 1 aliphatic rings. The van der Waals surface area contributed by atoms with Crippen LogP contribution in [0.2, 0.25) is 5.02 Å². The normalized spacial score (nSPS) is 13.8. The van der Waals surface area contributed by atoms with Crippen LogP contribution in [0.25, 0.3) is 11.1 Å². The van der Waals surface area contributed by atoms with E-state index in [-0.39, 0.29) is 18.2 Å². The highest BCUT2D eigenvalue weighted by Crippen LogP contribution is 2.43. The van der Waals surface area contributed by atoms with E-state index in [4.69, 9.17) is 26.2 Å². The number of ether oxygens (including phenoxy) is 2. The molecule has 1 aliphatic carbocycles. The summed E-state index contributed by atoms with van der Waals surface area (Å²) in [5.41, 5.74) is 5.79. The summed E-state index contributed by atoms with van der Waals surface area (Å²) in [4.78, 5) is 0. The molecule has 0 aliphatic heterocycles. The van der Waals surface area contributed by atoms with Crippen molar-refractivity contribution in [2.45, 2.75) is 51.4 Å². The first-order chi connectivity index (χ1) is 14.6. The second-order valence-corrected chi connectivity index (χ2v) is 8.03. The number of rotatable bonds is 9. The van der Waals surface area contributed by atoms with Gasteiger partial charge in [-0.25, -0.2) is 4.39 Å². The summed E-state index contributed by atoms with van der Waals surface area (Å²) in [6.45, 7) is 0.238. The van der Waals surface area contributed by atoms with Crippen LogP contribution in [0.4, 0.5) is 4.39 Å². The zero-order chi connectivity index (χ0) is 21.5. The second kappa shape index (κ2) is 10.8. The molecule has 0 saturated heterocycles. The van der Waals surface area contributed by atoms with Gasteiger partial charge in [-0.2, -0.15) is 0 Å². The molecular weight excluding hydrogens is 403 g/mol. The molecule has 0 spiro atoms. The lowest BCUT2D eigenvalue weighted by atomic mass is 9.89.